The lowest BCUT2D eigenvalue weighted by molar-refractivity contribution is 0.102. The molecule has 1 heterocycles. The molecule has 3 rings (SSSR count). The highest BCUT2D eigenvalue weighted by molar-refractivity contribution is 6.05. The van der Waals surface area contributed by atoms with Crippen molar-refractivity contribution in [3.05, 3.63) is 83.2 Å². The molecule has 4 heteroatoms. The van der Waals surface area contributed by atoms with Crippen molar-refractivity contribution in [2.75, 3.05) is 5.32 Å². The van der Waals surface area contributed by atoms with E-state index < -0.39 is 0 Å². The quantitative estimate of drug-likeness (QED) is 0.614. The summed E-state index contributed by atoms with van der Waals surface area (Å²) in [5.41, 5.74) is 4.16. The Kier molecular flexibility index (Phi) is 5.87. The second-order valence-electron chi connectivity index (χ2n) is 6.56. The molecule has 2 aromatic carbocycles. The molecule has 0 atom stereocenters. The van der Waals surface area contributed by atoms with Crippen LogP contribution in [0.15, 0.2) is 60.7 Å². The van der Waals surface area contributed by atoms with E-state index >= 15 is 0 Å². The van der Waals surface area contributed by atoms with Crippen LogP contribution in [0.4, 0.5) is 5.69 Å². The minimum atomic E-state index is -0.180. The molecule has 1 amide bonds. The predicted molar refractivity (Wildman–Crippen MR) is 109 cm³/mol. The highest BCUT2D eigenvalue weighted by atomic mass is 16.5. The monoisotopic (exact) mass is 360 g/mol. The number of aryl methyl sites for hydroxylation is 3. The zero-order valence-corrected chi connectivity index (χ0v) is 16.0. The standard InChI is InChI=1S/C23H24N2O2/c1-4-6-18-10-12-20(13-11-18)27-21-8-5-7-19(15-21)25-23(26)22-14-9-16(2)24-17(22)3/h5,7-15H,4,6H2,1-3H3,(H,25,26). The lowest BCUT2D eigenvalue weighted by Crippen LogP contribution is -2.14. The number of aromatic nitrogens is 1. The van der Waals surface area contributed by atoms with Gasteiger partial charge in [-0.25, -0.2) is 0 Å². The van der Waals surface area contributed by atoms with Crippen LogP contribution in [0, 0.1) is 13.8 Å². The summed E-state index contributed by atoms with van der Waals surface area (Å²) in [6.45, 7) is 5.91. The van der Waals surface area contributed by atoms with Crippen LogP contribution >= 0.6 is 0 Å². The first-order chi connectivity index (χ1) is 13.0. The first-order valence-corrected chi connectivity index (χ1v) is 9.17. The molecule has 0 saturated heterocycles. The molecule has 0 radical (unpaired) electrons. The third-order valence-corrected chi connectivity index (χ3v) is 4.26. The molecule has 0 saturated carbocycles. The predicted octanol–water partition coefficient (Wildman–Crippen LogP) is 5.70. The Morgan fingerprint density at radius 3 is 2.48 bits per heavy atom. The zero-order valence-electron chi connectivity index (χ0n) is 16.0. The summed E-state index contributed by atoms with van der Waals surface area (Å²) in [5, 5.41) is 2.91. The van der Waals surface area contributed by atoms with Crippen LogP contribution < -0.4 is 10.1 Å². The number of pyridine rings is 1. The summed E-state index contributed by atoms with van der Waals surface area (Å²) in [4.78, 5) is 16.9. The van der Waals surface area contributed by atoms with E-state index in [4.69, 9.17) is 4.74 Å². The van der Waals surface area contributed by atoms with Crippen LogP contribution in [0.3, 0.4) is 0 Å². The molecule has 0 unspecified atom stereocenters. The van der Waals surface area contributed by atoms with Gasteiger partial charge in [0.05, 0.1) is 11.3 Å². The van der Waals surface area contributed by atoms with E-state index in [2.05, 4.69) is 29.4 Å². The van der Waals surface area contributed by atoms with Gasteiger partial charge in [-0.15, -0.1) is 0 Å². The number of amides is 1. The highest BCUT2D eigenvalue weighted by Gasteiger charge is 2.11. The van der Waals surface area contributed by atoms with Gasteiger partial charge in [0.25, 0.3) is 5.91 Å². The number of carbonyl (C=O) groups is 1. The van der Waals surface area contributed by atoms with Crippen molar-refractivity contribution in [1.82, 2.24) is 4.98 Å². The summed E-state index contributed by atoms with van der Waals surface area (Å²) in [5.74, 6) is 1.27. The van der Waals surface area contributed by atoms with E-state index in [-0.39, 0.29) is 5.91 Å². The van der Waals surface area contributed by atoms with Crippen molar-refractivity contribution in [2.24, 2.45) is 0 Å². The lowest BCUT2D eigenvalue weighted by atomic mass is 10.1. The minimum Gasteiger partial charge on any atom is -0.457 e. The molecule has 0 aliphatic rings. The van der Waals surface area contributed by atoms with E-state index in [0.717, 1.165) is 24.3 Å². The second-order valence-corrected chi connectivity index (χ2v) is 6.56. The minimum absolute atomic E-state index is 0.180. The Hall–Kier alpha value is -3.14. The number of nitrogens with one attached hydrogen (secondary N) is 1. The molecular formula is C23H24N2O2. The average Bonchev–Trinajstić information content (AvgIpc) is 2.64. The Morgan fingerprint density at radius 2 is 1.78 bits per heavy atom. The Labute approximate surface area is 160 Å². The molecule has 4 nitrogen and oxygen atoms in total. The maximum absolute atomic E-state index is 12.5. The first kappa shape index (κ1) is 18.6. The molecule has 1 N–H and O–H groups in total. The largest absolute Gasteiger partial charge is 0.457 e. The van der Waals surface area contributed by atoms with Crippen molar-refractivity contribution in [3.63, 3.8) is 0 Å². The average molecular weight is 360 g/mol. The van der Waals surface area contributed by atoms with Crippen molar-refractivity contribution in [3.8, 4) is 11.5 Å². The number of rotatable bonds is 6. The van der Waals surface area contributed by atoms with Gasteiger partial charge in [0.15, 0.2) is 0 Å². The summed E-state index contributed by atoms with van der Waals surface area (Å²) >= 11 is 0. The first-order valence-electron chi connectivity index (χ1n) is 9.17. The van der Waals surface area contributed by atoms with Gasteiger partial charge in [-0.2, -0.15) is 0 Å². The van der Waals surface area contributed by atoms with Crippen LogP contribution in [0.25, 0.3) is 0 Å². The van der Waals surface area contributed by atoms with Gasteiger partial charge in [-0.05, 0) is 62.2 Å². The van der Waals surface area contributed by atoms with E-state index in [1.54, 1.807) is 6.07 Å². The number of nitrogens with zero attached hydrogens (tertiary/aromatic N) is 1. The van der Waals surface area contributed by atoms with Gasteiger partial charge < -0.3 is 10.1 Å². The number of anilines is 1. The molecule has 0 spiro atoms. The van der Waals surface area contributed by atoms with Crippen molar-refractivity contribution < 1.29 is 9.53 Å². The fourth-order valence-electron chi connectivity index (χ4n) is 2.91. The van der Waals surface area contributed by atoms with E-state index in [1.807, 2.05) is 56.3 Å². The highest BCUT2D eigenvalue weighted by Crippen LogP contribution is 2.25. The van der Waals surface area contributed by atoms with Crippen LogP contribution in [-0.4, -0.2) is 10.9 Å². The molecule has 1 aromatic heterocycles. The molecule has 0 aliphatic heterocycles. The molecule has 3 aromatic rings. The maximum Gasteiger partial charge on any atom is 0.257 e. The second kappa shape index (κ2) is 8.49. The van der Waals surface area contributed by atoms with Crippen molar-refractivity contribution in [2.45, 2.75) is 33.6 Å². The molecule has 0 aliphatic carbocycles. The Balaban J connectivity index is 1.70. The summed E-state index contributed by atoms with van der Waals surface area (Å²) in [7, 11) is 0. The number of hydrogen-bond acceptors (Lipinski definition) is 3. The fourth-order valence-corrected chi connectivity index (χ4v) is 2.91. The molecular weight excluding hydrogens is 336 g/mol. The van der Waals surface area contributed by atoms with E-state index in [9.17, 15) is 4.79 Å². The number of carbonyl (C=O) groups excluding carboxylic acids is 1. The number of hydrogen-bond donors (Lipinski definition) is 1. The number of ether oxygens (including phenoxy) is 1. The topological polar surface area (TPSA) is 51.2 Å². The van der Waals surface area contributed by atoms with Crippen LogP contribution in [0.1, 0.15) is 40.7 Å². The number of benzene rings is 2. The fraction of sp³-hybridized carbons (Fsp3) is 0.217. The summed E-state index contributed by atoms with van der Waals surface area (Å²) in [6.07, 6.45) is 2.19. The van der Waals surface area contributed by atoms with E-state index in [1.165, 1.54) is 5.56 Å². The molecule has 27 heavy (non-hydrogen) atoms. The van der Waals surface area contributed by atoms with Gasteiger partial charge in [0.2, 0.25) is 0 Å². The van der Waals surface area contributed by atoms with Crippen LogP contribution in [0.5, 0.6) is 11.5 Å². The van der Waals surface area contributed by atoms with Gasteiger partial charge in [0, 0.05) is 17.4 Å². The van der Waals surface area contributed by atoms with Gasteiger partial charge in [-0.1, -0.05) is 31.5 Å². The molecule has 0 bridgehead atoms. The molecule has 138 valence electrons. The van der Waals surface area contributed by atoms with Crippen molar-refractivity contribution in [1.29, 1.82) is 0 Å². The third kappa shape index (κ3) is 4.94. The SMILES string of the molecule is CCCc1ccc(Oc2cccc(NC(=O)c3ccc(C)nc3C)c2)cc1. The maximum atomic E-state index is 12.5. The van der Waals surface area contributed by atoms with Crippen molar-refractivity contribution >= 4 is 11.6 Å². The Morgan fingerprint density at radius 1 is 1.00 bits per heavy atom. The zero-order chi connectivity index (χ0) is 19.2. The van der Waals surface area contributed by atoms with E-state index in [0.29, 0.717) is 22.7 Å². The van der Waals surface area contributed by atoms with Crippen LogP contribution in [-0.2, 0) is 6.42 Å². The Bertz CT molecular complexity index is 933. The summed E-state index contributed by atoms with van der Waals surface area (Å²) in [6, 6.07) is 19.1. The molecule has 0 fully saturated rings. The summed E-state index contributed by atoms with van der Waals surface area (Å²) < 4.78 is 5.92. The smallest absolute Gasteiger partial charge is 0.257 e. The van der Waals surface area contributed by atoms with Gasteiger partial charge in [-0.3, -0.25) is 9.78 Å². The van der Waals surface area contributed by atoms with Gasteiger partial charge >= 0.3 is 0 Å². The van der Waals surface area contributed by atoms with Gasteiger partial charge in [0.1, 0.15) is 11.5 Å². The third-order valence-electron chi connectivity index (χ3n) is 4.26. The lowest BCUT2D eigenvalue weighted by Gasteiger charge is -2.10. The normalized spacial score (nSPS) is 10.5. The van der Waals surface area contributed by atoms with Crippen LogP contribution in [0.2, 0.25) is 0 Å².